The van der Waals surface area contributed by atoms with E-state index in [9.17, 15) is 14.7 Å². The lowest BCUT2D eigenvalue weighted by Crippen LogP contribution is -2.38. The topological polar surface area (TPSA) is 97.2 Å². The van der Waals surface area contributed by atoms with E-state index in [1.807, 2.05) is 6.92 Å². The Morgan fingerprint density at radius 2 is 2.33 bits per heavy atom. The third-order valence-corrected chi connectivity index (χ3v) is 3.55. The number of aliphatic hydroxyl groups is 1. The molecule has 0 aliphatic heterocycles. The largest absolute Gasteiger partial charge is 0.467 e. The number of aromatic amines is 1. The van der Waals surface area contributed by atoms with Gasteiger partial charge in [-0.1, -0.05) is 18.7 Å². The summed E-state index contributed by atoms with van der Waals surface area (Å²) in [6, 6.07) is 0. The number of methoxy groups -OCH3 is 1. The molecule has 0 saturated carbocycles. The standard InChI is InChI=1S/C10H17N3O4S/c1-4-5-13-8(15)11-12-9(13)18-6-10(2,16)7(14)17-3/h16H,4-6H2,1-3H3,(H,11,15). The zero-order chi connectivity index (χ0) is 13.8. The number of nitrogens with one attached hydrogen (secondary N) is 1. The van der Waals surface area contributed by atoms with Gasteiger partial charge in [-0.25, -0.2) is 14.7 Å². The Morgan fingerprint density at radius 1 is 1.67 bits per heavy atom. The van der Waals surface area contributed by atoms with Gasteiger partial charge in [0.1, 0.15) is 0 Å². The summed E-state index contributed by atoms with van der Waals surface area (Å²) >= 11 is 1.13. The number of nitrogens with zero attached hydrogens (tertiary/aromatic N) is 2. The van der Waals surface area contributed by atoms with Crippen LogP contribution in [0.4, 0.5) is 0 Å². The van der Waals surface area contributed by atoms with Gasteiger partial charge in [-0.2, -0.15) is 0 Å². The minimum absolute atomic E-state index is 0.0632. The molecule has 0 amide bonds. The number of rotatable bonds is 6. The minimum Gasteiger partial charge on any atom is -0.467 e. The van der Waals surface area contributed by atoms with Crippen molar-refractivity contribution >= 4 is 17.7 Å². The summed E-state index contributed by atoms with van der Waals surface area (Å²) in [6.07, 6.45) is 0.792. The van der Waals surface area contributed by atoms with E-state index in [1.54, 1.807) is 0 Å². The third kappa shape index (κ3) is 3.36. The fourth-order valence-corrected chi connectivity index (χ4v) is 2.29. The molecule has 0 bridgehead atoms. The molecule has 7 nitrogen and oxygen atoms in total. The Kier molecular flexibility index (Phi) is 4.97. The molecule has 0 fully saturated rings. The summed E-state index contributed by atoms with van der Waals surface area (Å²) in [5, 5.41) is 16.5. The summed E-state index contributed by atoms with van der Waals surface area (Å²) < 4.78 is 5.96. The average molecular weight is 275 g/mol. The van der Waals surface area contributed by atoms with Gasteiger partial charge in [0.25, 0.3) is 0 Å². The second-order valence-electron chi connectivity index (χ2n) is 4.02. The molecular weight excluding hydrogens is 258 g/mol. The van der Waals surface area contributed by atoms with Gasteiger partial charge < -0.3 is 9.84 Å². The number of ether oxygens (including phenoxy) is 1. The van der Waals surface area contributed by atoms with Crippen LogP contribution in [-0.2, 0) is 16.1 Å². The van der Waals surface area contributed by atoms with Crippen LogP contribution in [0.2, 0.25) is 0 Å². The molecule has 0 aromatic carbocycles. The predicted molar refractivity (Wildman–Crippen MR) is 66.5 cm³/mol. The van der Waals surface area contributed by atoms with Crippen LogP contribution in [0.1, 0.15) is 20.3 Å². The Labute approximate surface area is 109 Å². The lowest BCUT2D eigenvalue weighted by atomic mass is 10.1. The van der Waals surface area contributed by atoms with Gasteiger partial charge in [0.2, 0.25) is 0 Å². The van der Waals surface area contributed by atoms with Crippen LogP contribution in [0, 0.1) is 0 Å². The highest BCUT2D eigenvalue weighted by Crippen LogP contribution is 2.20. The second-order valence-corrected chi connectivity index (χ2v) is 4.96. The maximum atomic E-state index is 11.4. The molecule has 0 saturated heterocycles. The van der Waals surface area contributed by atoms with Gasteiger partial charge in [0, 0.05) is 12.3 Å². The molecule has 2 N–H and O–H groups in total. The lowest BCUT2D eigenvalue weighted by Gasteiger charge is -2.19. The quantitative estimate of drug-likeness (QED) is 0.560. The number of H-pyrrole nitrogens is 1. The molecule has 1 unspecified atom stereocenters. The fraction of sp³-hybridized carbons (Fsp3) is 0.700. The van der Waals surface area contributed by atoms with Gasteiger partial charge in [0.05, 0.1) is 7.11 Å². The zero-order valence-corrected chi connectivity index (χ0v) is 11.4. The number of carbonyl (C=O) groups excluding carboxylic acids is 1. The number of hydrogen-bond donors (Lipinski definition) is 2. The van der Waals surface area contributed by atoms with Crippen molar-refractivity contribution < 1.29 is 14.6 Å². The van der Waals surface area contributed by atoms with Gasteiger partial charge >= 0.3 is 11.7 Å². The van der Waals surface area contributed by atoms with Crippen molar-refractivity contribution in [1.82, 2.24) is 14.8 Å². The van der Waals surface area contributed by atoms with Gasteiger partial charge in [-0.05, 0) is 13.3 Å². The van der Waals surface area contributed by atoms with Crippen molar-refractivity contribution in [1.29, 1.82) is 0 Å². The molecule has 1 rings (SSSR count). The third-order valence-electron chi connectivity index (χ3n) is 2.28. The van der Waals surface area contributed by atoms with Crippen LogP contribution < -0.4 is 5.69 Å². The first-order valence-corrected chi connectivity index (χ1v) is 6.49. The normalized spacial score (nSPS) is 14.2. The van der Waals surface area contributed by atoms with Crippen molar-refractivity contribution in [3.8, 4) is 0 Å². The van der Waals surface area contributed by atoms with Crippen molar-refractivity contribution in [3.05, 3.63) is 10.5 Å². The molecule has 0 aliphatic rings. The van der Waals surface area contributed by atoms with E-state index >= 15 is 0 Å². The van der Waals surface area contributed by atoms with E-state index in [0.29, 0.717) is 11.7 Å². The lowest BCUT2D eigenvalue weighted by molar-refractivity contribution is -0.158. The summed E-state index contributed by atoms with van der Waals surface area (Å²) in [6.45, 7) is 3.84. The molecule has 1 atom stereocenters. The monoisotopic (exact) mass is 275 g/mol. The Morgan fingerprint density at radius 3 is 2.89 bits per heavy atom. The maximum absolute atomic E-state index is 11.4. The number of esters is 1. The second kappa shape index (κ2) is 6.05. The molecule has 1 aromatic rings. The summed E-state index contributed by atoms with van der Waals surface area (Å²) in [5.41, 5.74) is -1.90. The van der Waals surface area contributed by atoms with Crippen LogP contribution in [0.5, 0.6) is 0 Å². The van der Waals surface area contributed by atoms with Gasteiger partial charge in [-0.3, -0.25) is 4.57 Å². The number of aromatic nitrogens is 3. The minimum atomic E-state index is -1.61. The Hall–Kier alpha value is -1.28. The fourth-order valence-electron chi connectivity index (χ4n) is 1.32. The Bertz CT molecular complexity index is 466. The number of thioether (sulfide) groups is 1. The molecule has 0 aliphatic carbocycles. The van der Waals surface area contributed by atoms with Gasteiger partial charge in [0.15, 0.2) is 10.8 Å². The van der Waals surface area contributed by atoms with Crippen LogP contribution >= 0.6 is 11.8 Å². The van der Waals surface area contributed by atoms with E-state index in [0.717, 1.165) is 18.2 Å². The van der Waals surface area contributed by atoms with Crippen molar-refractivity contribution in [3.63, 3.8) is 0 Å². The Balaban J connectivity index is 2.75. The van der Waals surface area contributed by atoms with Crippen LogP contribution in [-0.4, -0.2) is 44.3 Å². The van der Waals surface area contributed by atoms with E-state index in [-0.39, 0.29) is 11.4 Å². The number of carbonyl (C=O) groups is 1. The highest BCUT2D eigenvalue weighted by molar-refractivity contribution is 7.99. The van der Waals surface area contributed by atoms with E-state index < -0.39 is 11.6 Å². The highest BCUT2D eigenvalue weighted by Gasteiger charge is 2.32. The molecule has 8 heteroatoms. The molecule has 102 valence electrons. The first-order chi connectivity index (χ1) is 8.42. The molecule has 1 heterocycles. The maximum Gasteiger partial charge on any atom is 0.343 e. The molecule has 18 heavy (non-hydrogen) atoms. The number of hydrogen-bond acceptors (Lipinski definition) is 6. The smallest absolute Gasteiger partial charge is 0.343 e. The molecular formula is C10H17N3O4S. The van der Waals surface area contributed by atoms with Crippen LogP contribution in [0.3, 0.4) is 0 Å². The predicted octanol–water partition coefficient (Wildman–Crippen LogP) is -0.00250. The average Bonchev–Trinajstić information content (AvgIpc) is 2.68. The first kappa shape index (κ1) is 14.8. The molecule has 1 aromatic heterocycles. The summed E-state index contributed by atoms with van der Waals surface area (Å²) in [5.74, 6) is -0.650. The van der Waals surface area contributed by atoms with Crippen molar-refractivity contribution in [2.45, 2.75) is 37.6 Å². The highest BCUT2D eigenvalue weighted by atomic mass is 32.2. The molecule has 0 radical (unpaired) electrons. The van der Waals surface area contributed by atoms with Crippen LogP contribution in [0.25, 0.3) is 0 Å². The van der Waals surface area contributed by atoms with E-state index in [2.05, 4.69) is 14.9 Å². The van der Waals surface area contributed by atoms with E-state index in [1.165, 1.54) is 18.6 Å². The zero-order valence-electron chi connectivity index (χ0n) is 10.6. The first-order valence-electron chi connectivity index (χ1n) is 5.51. The van der Waals surface area contributed by atoms with E-state index in [4.69, 9.17) is 0 Å². The summed E-state index contributed by atoms with van der Waals surface area (Å²) in [7, 11) is 1.21. The van der Waals surface area contributed by atoms with Crippen molar-refractivity contribution in [2.75, 3.05) is 12.9 Å². The van der Waals surface area contributed by atoms with Crippen LogP contribution in [0.15, 0.2) is 9.95 Å². The van der Waals surface area contributed by atoms with Gasteiger partial charge in [-0.15, -0.1) is 5.10 Å². The SMILES string of the molecule is CCCn1c(SCC(C)(O)C(=O)OC)n[nH]c1=O. The molecule has 0 spiro atoms. The summed E-state index contributed by atoms with van der Waals surface area (Å²) in [4.78, 5) is 22.7. The van der Waals surface area contributed by atoms with Crippen molar-refractivity contribution in [2.24, 2.45) is 0 Å².